The number of carbonyl (C=O) groups is 1. The molecular formula is C13H6Cl5NO2. The van der Waals surface area contributed by atoms with Gasteiger partial charge in [0.15, 0.2) is 5.75 Å². The van der Waals surface area contributed by atoms with Crippen LogP contribution in [-0.2, 0) is 0 Å². The SMILES string of the molecule is O=C(Nc1ccc(Cl)c(Cl)c1)Oc1cc(Cl)c(Cl)cc1Cl. The molecule has 21 heavy (non-hydrogen) atoms. The van der Waals surface area contributed by atoms with E-state index in [4.69, 9.17) is 62.7 Å². The summed E-state index contributed by atoms with van der Waals surface area (Å²) < 4.78 is 5.05. The van der Waals surface area contributed by atoms with Crippen LogP contribution < -0.4 is 10.1 Å². The number of hydrogen-bond donors (Lipinski definition) is 1. The second-order valence-corrected chi connectivity index (χ2v) is 5.88. The second kappa shape index (κ2) is 6.95. The smallest absolute Gasteiger partial charge is 0.408 e. The molecule has 0 saturated heterocycles. The number of amides is 1. The molecule has 0 bridgehead atoms. The molecule has 8 heteroatoms. The molecule has 3 nitrogen and oxygen atoms in total. The van der Waals surface area contributed by atoms with Crippen molar-refractivity contribution in [1.82, 2.24) is 0 Å². The number of nitrogens with one attached hydrogen (secondary N) is 1. The van der Waals surface area contributed by atoms with Gasteiger partial charge in [-0.2, -0.15) is 0 Å². The van der Waals surface area contributed by atoms with Crippen LogP contribution in [0.3, 0.4) is 0 Å². The van der Waals surface area contributed by atoms with Gasteiger partial charge in [-0.1, -0.05) is 58.0 Å². The minimum atomic E-state index is -0.756. The summed E-state index contributed by atoms with van der Waals surface area (Å²) in [6.45, 7) is 0. The van der Waals surface area contributed by atoms with Crippen molar-refractivity contribution >= 4 is 69.8 Å². The van der Waals surface area contributed by atoms with Gasteiger partial charge in [0.1, 0.15) is 0 Å². The second-order valence-electron chi connectivity index (χ2n) is 3.84. The van der Waals surface area contributed by atoms with Crippen LogP contribution in [0, 0.1) is 0 Å². The first-order valence-electron chi connectivity index (χ1n) is 5.45. The number of carbonyl (C=O) groups excluding carboxylic acids is 1. The first-order valence-corrected chi connectivity index (χ1v) is 7.34. The van der Waals surface area contributed by atoms with Gasteiger partial charge in [-0.15, -0.1) is 0 Å². The van der Waals surface area contributed by atoms with Gasteiger partial charge >= 0.3 is 6.09 Å². The molecular weight excluding hydrogens is 379 g/mol. The standard InChI is InChI=1S/C13H6Cl5NO2/c14-7-2-1-6(3-8(7)15)19-13(20)21-12-5-10(17)9(16)4-11(12)18/h1-5H,(H,19,20). The minimum Gasteiger partial charge on any atom is -0.408 e. The van der Waals surface area contributed by atoms with Crippen LogP contribution in [0.15, 0.2) is 30.3 Å². The number of hydrogen-bond acceptors (Lipinski definition) is 2. The van der Waals surface area contributed by atoms with Gasteiger partial charge in [0.05, 0.1) is 25.1 Å². The predicted molar refractivity (Wildman–Crippen MR) is 87.6 cm³/mol. The summed E-state index contributed by atoms with van der Waals surface area (Å²) in [4.78, 5) is 11.8. The largest absolute Gasteiger partial charge is 0.417 e. The number of anilines is 1. The van der Waals surface area contributed by atoms with Crippen LogP contribution in [0.1, 0.15) is 0 Å². The summed E-state index contributed by atoms with van der Waals surface area (Å²) in [7, 11) is 0. The lowest BCUT2D eigenvalue weighted by Crippen LogP contribution is -2.16. The molecule has 2 aromatic carbocycles. The summed E-state index contributed by atoms with van der Waals surface area (Å²) in [5, 5.41) is 3.81. The van der Waals surface area contributed by atoms with E-state index >= 15 is 0 Å². The summed E-state index contributed by atoms with van der Waals surface area (Å²) in [5.74, 6) is 0.0867. The van der Waals surface area contributed by atoms with Crippen LogP contribution in [0.5, 0.6) is 5.75 Å². The number of ether oxygens (including phenoxy) is 1. The number of rotatable bonds is 2. The highest BCUT2D eigenvalue weighted by molar-refractivity contribution is 6.43. The molecule has 0 aliphatic rings. The molecule has 1 N–H and O–H groups in total. The zero-order chi connectivity index (χ0) is 15.6. The van der Waals surface area contributed by atoms with Gasteiger partial charge < -0.3 is 4.74 Å². The van der Waals surface area contributed by atoms with Crippen LogP contribution >= 0.6 is 58.0 Å². The summed E-state index contributed by atoms with van der Waals surface area (Å²) in [5.41, 5.74) is 0.422. The lowest BCUT2D eigenvalue weighted by molar-refractivity contribution is 0.215. The van der Waals surface area contributed by atoms with Gasteiger partial charge in [-0.05, 0) is 24.3 Å². The van der Waals surface area contributed by atoms with Crippen molar-refractivity contribution in [3.05, 3.63) is 55.4 Å². The van der Waals surface area contributed by atoms with Crippen molar-refractivity contribution in [2.24, 2.45) is 0 Å². The molecule has 0 aliphatic heterocycles. The third-order valence-corrected chi connectivity index (χ3v) is 4.10. The summed E-state index contributed by atoms with van der Waals surface area (Å²) >= 11 is 29.1. The quantitative estimate of drug-likeness (QED) is 0.594. The normalized spacial score (nSPS) is 10.3. The van der Waals surface area contributed by atoms with Crippen LogP contribution in [0.25, 0.3) is 0 Å². The van der Waals surface area contributed by atoms with Crippen molar-refractivity contribution in [2.45, 2.75) is 0 Å². The first-order chi connectivity index (χ1) is 9.86. The Morgan fingerprint density at radius 3 is 2.10 bits per heavy atom. The molecule has 0 aliphatic carbocycles. The summed E-state index contributed by atoms with van der Waals surface area (Å²) in [6, 6.07) is 7.34. The number of halogens is 5. The highest BCUT2D eigenvalue weighted by Crippen LogP contribution is 2.34. The van der Waals surface area contributed by atoms with Crippen molar-refractivity contribution in [3.63, 3.8) is 0 Å². The predicted octanol–water partition coefficient (Wildman–Crippen LogP) is 6.56. The third-order valence-electron chi connectivity index (χ3n) is 2.34. The Morgan fingerprint density at radius 2 is 1.43 bits per heavy atom. The van der Waals surface area contributed by atoms with E-state index in [1.807, 2.05) is 0 Å². The molecule has 0 fully saturated rings. The van der Waals surface area contributed by atoms with E-state index in [0.717, 1.165) is 0 Å². The van der Waals surface area contributed by atoms with E-state index in [2.05, 4.69) is 5.32 Å². The minimum absolute atomic E-state index is 0.0867. The van der Waals surface area contributed by atoms with E-state index in [-0.39, 0.29) is 20.8 Å². The monoisotopic (exact) mass is 383 g/mol. The van der Waals surface area contributed by atoms with Gasteiger partial charge in [-0.25, -0.2) is 4.79 Å². The van der Waals surface area contributed by atoms with Crippen LogP contribution in [0.2, 0.25) is 25.1 Å². The molecule has 110 valence electrons. The third kappa shape index (κ3) is 4.31. The maximum absolute atomic E-state index is 11.8. The zero-order valence-corrected chi connectivity index (χ0v) is 13.9. The van der Waals surface area contributed by atoms with Crippen molar-refractivity contribution in [2.75, 3.05) is 5.32 Å². The Kier molecular flexibility index (Phi) is 5.47. The lowest BCUT2D eigenvalue weighted by Gasteiger charge is -2.09. The van der Waals surface area contributed by atoms with Crippen LogP contribution in [-0.4, -0.2) is 6.09 Å². The van der Waals surface area contributed by atoms with Gasteiger partial charge in [0.25, 0.3) is 0 Å². The Morgan fingerprint density at radius 1 is 0.810 bits per heavy atom. The molecule has 0 heterocycles. The molecule has 0 radical (unpaired) electrons. The molecule has 0 spiro atoms. The van der Waals surface area contributed by atoms with E-state index < -0.39 is 6.09 Å². The van der Waals surface area contributed by atoms with E-state index in [0.29, 0.717) is 15.7 Å². The first kappa shape index (κ1) is 16.5. The van der Waals surface area contributed by atoms with Crippen molar-refractivity contribution < 1.29 is 9.53 Å². The average molecular weight is 385 g/mol. The van der Waals surface area contributed by atoms with Crippen molar-refractivity contribution in [1.29, 1.82) is 0 Å². The van der Waals surface area contributed by atoms with Gasteiger partial charge in [0, 0.05) is 11.8 Å². The average Bonchev–Trinajstić information content (AvgIpc) is 2.40. The van der Waals surface area contributed by atoms with E-state index in [1.165, 1.54) is 18.2 Å². The maximum Gasteiger partial charge on any atom is 0.417 e. The topological polar surface area (TPSA) is 38.3 Å². The molecule has 0 saturated carbocycles. The summed E-state index contributed by atoms with van der Waals surface area (Å²) in [6.07, 6.45) is -0.756. The Bertz CT molecular complexity index is 705. The Hall–Kier alpha value is -0.840. The molecule has 1 amide bonds. The fourth-order valence-corrected chi connectivity index (χ4v) is 2.27. The molecule has 2 rings (SSSR count). The Labute approximate surface area is 145 Å². The van der Waals surface area contributed by atoms with E-state index in [1.54, 1.807) is 12.1 Å². The fraction of sp³-hybridized carbons (Fsp3) is 0. The lowest BCUT2D eigenvalue weighted by atomic mass is 10.3. The molecule has 0 aromatic heterocycles. The van der Waals surface area contributed by atoms with Gasteiger partial charge in [0.2, 0.25) is 0 Å². The highest BCUT2D eigenvalue weighted by atomic mass is 35.5. The zero-order valence-electron chi connectivity index (χ0n) is 10.1. The highest BCUT2D eigenvalue weighted by Gasteiger charge is 2.12. The maximum atomic E-state index is 11.8. The van der Waals surface area contributed by atoms with Crippen LogP contribution in [0.4, 0.5) is 10.5 Å². The molecule has 2 aromatic rings. The molecule has 0 atom stereocenters. The number of benzene rings is 2. The fourth-order valence-electron chi connectivity index (χ4n) is 1.40. The Balaban J connectivity index is 2.11. The molecule has 0 unspecified atom stereocenters. The van der Waals surface area contributed by atoms with E-state index in [9.17, 15) is 4.79 Å². The van der Waals surface area contributed by atoms with Gasteiger partial charge in [-0.3, -0.25) is 5.32 Å². The van der Waals surface area contributed by atoms with Crippen molar-refractivity contribution in [3.8, 4) is 5.75 Å².